The lowest BCUT2D eigenvalue weighted by atomic mass is 9.98. The van der Waals surface area contributed by atoms with Crippen LogP contribution in [0.25, 0.3) is 0 Å². The van der Waals surface area contributed by atoms with Crippen molar-refractivity contribution in [1.29, 1.82) is 0 Å². The van der Waals surface area contributed by atoms with Gasteiger partial charge in [0.25, 0.3) is 0 Å². The minimum absolute atomic E-state index is 0.00347. The number of nitrogens with one attached hydrogen (secondary N) is 3. The Hall–Kier alpha value is -2.50. The fourth-order valence-corrected chi connectivity index (χ4v) is 3.21. The molecule has 1 fully saturated rings. The van der Waals surface area contributed by atoms with Gasteiger partial charge in [-0.2, -0.15) is 0 Å². The number of carbonyl (C=O) groups is 3. The third-order valence-corrected chi connectivity index (χ3v) is 4.95. The second kappa shape index (κ2) is 10.7. The number of aliphatic hydroxyl groups excluding tert-OH is 1. The molecule has 1 aromatic rings. The average molecular weight is 413 g/mol. The van der Waals surface area contributed by atoms with E-state index in [4.69, 9.17) is 9.29 Å². The van der Waals surface area contributed by atoms with Crippen LogP contribution in [0, 0.1) is 5.92 Å². The summed E-state index contributed by atoms with van der Waals surface area (Å²) < 4.78 is 25.3. The van der Waals surface area contributed by atoms with Crippen molar-refractivity contribution in [3.63, 3.8) is 0 Å². The monoisotopic (exact) mass is 413 g/mol. The first kappa shape index (κ1) is 21.8. The van der Waals surface area contributed by atoms with Crippen LogP contribution in [0.1, 0.15) is 18.4 Å². The van der Waals surface area contributed by atoms with Gasteiger partial charge in [-0.3, -0.25) is 9.59 Å². The van der Waals surface area contributed by atoms with E-state index in [1.807, 2.05) is 6.07 Å². The van der Waals surface area contributed by atoms with E-state index in [9.17, 15) is 23.7 Å². The van der Waals surface area contributed by atoms with Crippen molar-refractivity contribution in [2.45, 2.75) is 30.9 Å². The fourth-order valence-electron chi connectivity index (χ4n) is 2.75. The van der Waals surface area contributed by atoms with Gasteiger partial charge in [-0.15, -0.1) is 0 Å². The van der Waals surface area contributed by atoms with E-state index in [2.05, 4.69) is 16.0 Å². The molecule has 0 saturated carbocycles. The van der Waals surface area contributed by atoms with Crippen molar-refractivity contribution < 1.29 is 33.0 Å². The van der Waals surface area contributed by atoms with E-state index in [-0.39, 0.29) is 18.9 Å². The minimum Gasteiger partial charge on any atom is -0.445 e. The molecule has 3 amide bonds. The van der Waals surface area contributed by atoms with Gasteiger partial charge in [0.05, 0.1) is 6.04 Å². The first-order valence-corrected chi connectivity index (χ1v) is 9.83. The molecule has 1 heterocycles. The van der Waals surface area contributed by atoms with Crippen molar-refractivity contribution in [2.24, 2.45) is 5.92 Å². The van der Waals surface area contributed by atoms with Crippen LogP contribution < -0.4 is 16.0 Å². The fraction of sp³-hybridized carbons (Fsp3) is 0.471. The molecule has 4 unspecified atom stereocenters. The summed E-state index contributed by atoms with van der Waals surface area (Å²) in [5, 5.41) is 17.1. The summed E-state index contributed by atoms with van der Waals surface area (Å²) in [6.07, 6.45) is -0.305. The molecule has 5 N–H and O–H groups in total. The Morgan fingerprint density at radius 3 is 2.64 bits per heavy atom. The first-order chi connectivity index (χ1) is 13.4. The Balaban J connectivity index is 1.80. The standard InChI is InChI=1S/C17H23N3O7S/c21-14(9-19-17(24)27-10-11-4-2-1-3-5-11)20-13(16(23)28(25)26)8-12-6-7-18-15(12)22/h1-5,12-13,16,23H,6-10H2,(H,18,22)(H,19,24)(H,20,21)(H,25,26). The number of alkyl carbamates (subject to hydrolysis) is 1. The topological polar surface area (TPSA) is 154 Å². The highest BCUT2D eigenvalue weighted by Gasteiger charge is 2.33. The van der Waals surface area contributed by atoms with Crippen LogP contribution >= 0.6 is 0 Å². The van der Waals surface area contributed by atoms with Gasteiger partial charge >= 0.3 is 6.09 Å². The molecule has 11 heteroatoms. The molecule has 1 aromatic carbocycles. The highest BCUT2D eigenvalue weighted by Crippen LogP contribution is 2.18. The Morgan fingerprint density at radius 1 is 1.32 bits per heavy atom. The molecule has 0 radical (unpaired) electrons. The van der Waals surface area contributed by atoms with Gasteiger partial charge in [0, 0.05) is 12.5 Å². The molecule has 154 valence electrons. The summed E-state index contributed by atoms with van der Waals surface area (Å²) in [6.45, 7) is 0.0545. The summed E-state index contributed by atoms with van der Waals surface area (Å²) in [5.41, 5.74) is -0.979. The van der Waals surface area contributed by atoms with Crippen molar-refractivity contribution >= 4 is 29.0 Å². The maximum atomic E-state index is 12.0. The maximum Gasteiger partial charge on any atom is 0.407 e. The zero-order valence-electron chi connectivity index (χ0n) is 15.0. The molecule has 0 spiro atoms. The van der Waals surface area contributed by atoms with Crippen LogP contribution in [0.2, 0.25) is 0 Å². The van der Waals surface area contributed by atoms with Crippen LogP contribution in [0.3, 0.4) is 0 Å². The second-order valence-electron chi connectivity index (χ2n) is 6.27. The van der Waals surface area contributed by atoms with Gasteiger partial charge in [-0.05, 0) is 18.4 Å². The summed E-state index contributed by atoms with van der Waals surface area (Å²) >= 11 is -2.61. The number of hydrogen-bond donors (Lipinski definition) is 5. The number of benzene rings is 1. The molecule has 0 aliphatic carbocycles. The largest absolute Gasteiger partial charge is 0.445 e. The van der Waals surface area contributed by atoms with E-state index in [1.54, 1.807) is 24.3 Å². The molecule has 0 bridgehead atoms. The summed E-state index contributed by atoms with van der Waals surface area (Å²) in [6, 6.07) is 7.86. The van der Waals surface area contributed by atoms with Crippen LogP contribution in [0.15, 0.2) is 30.3 Å². The van der Waals surface area contributed by atoms with Crippen molar-refractivity contribution in [3.05, 3.63) is 35.9 Å². The molecule has 2 rings (SSSR count). The predicted octanol–water partition coefficient (Wildman–Crippen LogP) is -0.536. The van der Waals surface area contributed by atoms with E-state index in [0.717, 1.165) is 5.56 Å². The first-order valence-electron chi connectivity index (χ1n) is 8.66. The predicted molar refractivity (Wildman–Crippen MR) is 99.1 cm³/mol. The number of hydrogen-bond acceptors (Lipinski definition) is 6. The SMILES string of the molecule is O=C(CNC(=O)OCc1ccccc1)NC(CC1CCNC1=O)C(O)S(=O)O. The van der Waals surface area contributed by atoms with Gasteiger partial charge in [-0.25, -0.2) is 9.00 Å². The van der Waals surface area contributed by atoms with Crippen LogP contribution in [0.4, 0.5) is 4.79 Å². The highest BCUT2D eigenvalue weighted by atomic mass is 32.2. The second-order valence-corrected chi connectivity index (χ2v) is 7.30. The summed E-state index contributed by atoms with van der Waals surface area (Å²) in [4.78, 5) is 35.4. The Labute approximate surface area is 164 Å². The van der Waals surface area contributed by atoms with Crippen molar-refractivity contribution in [3.8, 4) is 0 Å². The Morgan fingerprint density at radius 2 is 2.04 bits per heavy atom. The zero-order valence-corrected chi connectivity index (χ0v) is 15.8. The molecular weight excluding hydrogens is 390 g/mol. The van der Waals surface area contributed by atoms with E-state index in [0.29, 0.717) is 13.0 Å². The Kier molecular flexibility index (Phi) is 8.36. The van der Waals surface area contributed by atoms with E-state index in [1.165, 1.54) is 0 Å². The number of carbonyl (C=O) groups excluding carboxylic acids is 3. The van der Waals surface area contributed by atoms with Gasteiger partial charge in [0.1, 0.15) is 13.2 Å². The molecule has 10 nitrogen and oxygen atoms in total. The van der Waals surface area contributed by atoms with E-state index >= 15 is 0 Å². The van der Waals surface area contributed by atoms with Gasteiger partial charge < -0.3 is 30.3 Å². The van der Waals surface area contributed by atoms with Gasteiger partial charge in [0.2, 0.25) is 11.8 Å². The van der Waals surface area contributed by atoms with Crippen LogP contribution in [-0.2, 0) is 32.0 Å². The highest BCUT2D eigenvalue weighted by molar-refractivity contribution is 7.79. The van der Waals surface area contributed by atoms with Crippen molar-refractivity contribution in [2.75, 3.05) is 13.1 Å². The number of ether oxygens (including phenoxy) is 1. The van der Waals surface area contributed by atoms with Crippen LogP contribution in [-0.4, -0.2) is 56.3 Å². The number of aliphatic hydroxyl groups is 1. The zero-order chi connectivity index (χ0) is 20.5. The lowest BCUT2D eigenvalue weighted by Crippen LogP contribution is -2.49. The maximum absolute atomic E-state index is 12.0. The molecule has 0 aromatic heterocycles. The lowest BCUT2D eigenvalue weighted by molar-refractivity contribution is -0.124. The third-order valence-electron chi connectivity index (χ3n) is 4.20. The third kappa shape index (κ3) is 6.91. The smallest absolute Gasteiger partial charge is 0.407 e. The lowest BCUT2D eigenvalue weighted by Gasteiger charge is -2.23. The van der Waals surface area contributed by atoms with Crippen LogP contribution in [0.5, 0.6) is 0 Å². The number of rotatable bonds is 9. The molecule has 1 aliphatic heterocycles. The molecule has 4 atom stereocenters. The summed E-state index contributed by atoms with van der Waals surface area (Å²) in [5.74, 6) is -1.41. The molecule has 1 aliphatic rings. The Bertz CT molecular complexity index is 716. The quantitative estimate of drug-likeness (QED) is 0.341. The minimum atomic E-state index is -2.61. The number of amides is 3. The average Bonchev–Trinajstić information content (AvgIpc) is 3.09. The molecule has 1 saturated heterocycles. The normalized spacial score (nSPS) is 19.2. The molecular formula is C17H23N3O7S. The molecule has 28 heavy (non-hydrogen) atoms. The van der Waals surface area contributed by atoms with Gasteiger partial charge in [0.15, 0.2) is 16.5 Å². The van der Waals surface area contributed by atoms with Crippen molar-refractivity contribution in [1.82, 2.24) is 16.0 Å². The van der Waals surface area contributed by atoms with Gasteiger partial charge in [-0.1, -0.05) is 30.3 Å². The van der Waals surface area contributed by atoms with E-state index < -0.39 is 47.0 Å². The summed E-state index contributed by atoms with van der Waals surface area (Å²) in [7, 11) is 0.